The Bertz CT molecular complexity index is 1390. The standard InChI is InChI=1S/C55H90/c1-14-46(4)26-16-28-48(6)30-18-32-50(8)34-20-36-52(10)38-22-40-54(12)42-24-44-55(13)43-23-41-53(11)39-21-37-51(9)35-19-33-49(7)31-17-29-47(5)27-15-25-45(2)3/h14,25,28-29,32-33,36-37,40-41,44H,15-24,26-27,30-31,34-35,38-39,42-43H2,1-13H3/b46-14-,47-29+,48-28-,49-33+,50-32-,51-37-,52-36-,53-41-,54-40-,55-44-. The molecule has 0 spiro atoms. The van der Waals surface area contributed by atoms with Gasteiger partial charge in [0.15, 0.2) is 0 Å². The van der Waals surface area contributed by atoms with Crippen molar-refractivity contribution in [2.24, 2.45) is 0 Å². The first kappa shape index (κ1) is 52.1. The van der Waals surface area contributed by atoms with E-state index in [9.17, 15) is 0 Å². The molecule has 55 heavy (non-hydrogen) atoms. The molecule has 0 aliphatic rings. The van der Waals surface area contributed by atoms with Crippen molar-refractivity contribution >= 4 is 0 Å². The average molecular weight is 751 g/mol. The second-order valence-corrected chi connectivity index (χ2v) is 17.3. The summed E-state index contributed by atoms with van der Waals surface area (Å²) in [6.45, 7) is 29.4. The fourth-order valence-corrected chi connectivity index (χ4v) is 6.57. The van der Waals surface area contributed by atoms with E-state index in [1.54, 1.807) is 0 Å². The molecular formula is C55H90. The predicted molar refractivity (Wildman–Crippen MR) is 255 cm³/mol. The maximum Gasteiger partial charge on any atom is -0.0288 e. The molecular weight excluding hydrogens is 661 g/mol. The third-order valence-electron chi connectivity index (χ3n) is 10.9. The number of rotatable bonds is 30. The lowest BCUT2D eigenvalue weighted by Crippen LogP contribution is -1.84. The van der Waals surface area contributed by atoms with Crippen molar-refractivity contribution in [3.05, 3.63) is 128 Å². The fourth-order valence-electron chi connectivity index (χ4n) is 6.57. The van der Waals surface area contributed by atoms with Crippen LogP contribution in [0.4, 0.5) is 0 Å². The molecule has 0 saturated heterocycles. The van der Waals surface area contributed by atoms with Crippen LogP contribution in [0.2, 0.25) is 0 Å². The first-order valence-corrected chi connectivity index (χ1v) is 22.4. The van der Waals surface area contributed by atoms with E-state index in [1.807, 2.05) is 0 Å². The summed E-state index contributed by atoms with van der Waals surface area (Å²) in [5, 5.41) is 0. The minimum Gasteiger partial charge on any atom is -0.0887 e. The van der Waals surface area contributed by atoms with Gasteiger partial charge < -0.3 is 0 Å². The lowest BCUT2D eigenvalue weighted by molar-refractivity contribution is 0.879. The molecule has 0 rings (SSSR count). The lowest BCUT2D eigenvalue weighted by Gasteiger charge is -2.04. The summed E-state index contributed by atoms with van der Waals surface area (Å²) in [5.41, 5.74) is 16.7. The molecule has 0 N–H and O–H groups in total. The van der Waals surface area contributed by atoms with Crippen LogP contribution < -0.4 is 0 Å². The Balaban J connectivity index is 4.25. The largest absolute Gasteiger partial charge is 0.0887 e. The van der Waals surface area contributed by atoms with Gasteiger partial charge in [-0.25, -0.2) is 0 Å². The summed E-state index contributed by atoms with van der Waals surface area (Å²) in [4.78, 5) is 0. The van der Waals surface area contributed by atoms with Gasteiger partial charge >= 0.3 is 0 Å². The third-order valence-corrected chi connectivity index (χ3v) is 10.9. The Morgan fingerprint density at radius 2 is 0.364 bits per heavy atom. The maximum absolute atomic E-state index is 2.47. The van der Waals surface area contributed by atoms with Crippen LogP contribution in [0.25, 0.3) is 0 Å². The molecule has 0 aromatic rings. The first-order valence-electron chi connectivity index (χ1n) is 22.4. The lowest BCUT2D eigenvalue weighted by atomic mass is 10.0. The molecule has 0 heterocycles. The van der Waals surface area contributed by atoms with Crippen molar-refractivity contribution in [2.45, 2.75) is 218 Å². The highest BCUT2D eigenvalue weighted by Crippen LogP contribution is 2.18. The molecule has 310 valence electrons. The molecule has 0 aliphatic heterocycles. The van der Waals surface area contributed by atoms with E-state index >= 15 is 0 Å². The molecule has 0 fully saturated rings. The van der Waals surface area contributed by atoms with Gasteiger partial charge in [0.05, 0.1) is 0 Å². The highest BCUT2D eigenvalue weighted by molar-refractivity contribution is 5.11. The van der Waals surface area contributed by atoms with Crippen molar-refractivity contribution < 1.29 is 0 Å². The van der Waals surface area contributed by atoms with Gasteiger partial charge in [-0.1, -0.05) is 128 Å². The van der Waals surface area contributed by atoms with Crippen LogP contribution in [0.1, 0.15) is 218 Å². The molecule has 0 unspecified atom stereocenters. The molecule has 0 bridgehead atoms. The van der Waals surface area contributed by atoms with Gasteiger partial charge in [0.1, 0.15) is 0 Å². The van der Waals surface area contributed by atoms with Crippen molar-refractivity contribution in [1.82, 2.24) is 0 Å². The van der Waals surface area contributed by atoms with Crippen LogP contribution in [-0.2, 0) is 0 Å². The summed E-state index contributed by atoms with van der Waals surface area (Å²) in [6.07, 6.45) is 50.2. The van der Waals surface area contributed by atoms with Crippen molar-refractivity contribution in [3.8, 4) is 0 Å². The molecule has 0 saturated carbocycles. The average Bonchev–Trinajstić information content (AvgIpc) is 3.11. The van der Waals surface area contributed by atoms with E-state index in [1.165, 1.54) is 158 Å². The van der Waals surface area contributed by atoms with Crippen LogP contribution in [0.5, 0.6) is 0 Å². The molecule has 0 atom stereocenters. The summed E-state index contributed by atoms with van der Waals surface area (Å²) >= 11 is 0. The number of hydrogen-bond donors (Lipinski definition) is 0. The predicted octanol–water partition coefficient (Wildman–Crippen LogP) is 19.2. The van der Waals surface area contributed by atoms with Gasteiger partial charge in [-0.2, -0.15) is 0 Å². The summed E-state index contributed by atoms with van der Waals surface area (Å²) in [6, 6.07) is 0. The van der Waals surface area contributed by atoms with Gasteiger partial charge in [-0.15, -0.1) is 0 Å². The Morgan fingerprint density at radius 3 is 0.509 bits per heavy atom. The van der Waals surface area contributed by atoms with Crippen LogP contribution in [0.3, 0.4) is 0 Å². The summed E-state index contributed by atoms with van der Waals surface area (Å²) in [5.74, 6) is 0. The molecule has 0 nitrogen and oxygen atoms in total. The molecule has 0 aromatic heterocycles. The third kappa shape index (κ3) is 35.3. The fraction of sp³-hybridized carbons (Fsp3) is 0.600. The molecule has 0 aromatic carbocycles. The Morgan fingerprint density at radius 1 is 0.218 bits per heavy atom. The number of allylic oxidation sites excluding steroid dienone is 22. The van der Waals surface area contributed by atoms with Gasteiger partial charge in [0.25, 0.3) is 0 Å². The molecule has 0 amide bonds. The molecule has 0 radical (unpaired) electrons. The van der Waals surface area contributed by atoms with E-state index in [0.29, 0.717) is 0 Å². The van der Waals surface area contributed by atoms with Crippen LogP contribution in [-0.4, -0.2) is 0 Å². The summed E-state index contributed by atoms with van der Waals surface area (Å²) in [7, 11) is 0. The van der Waals surface area contributed by atoms with E-state index in [0.717, 1.165) is 32.1 Å². The quantitative estimate of drug-likeness (QED) is 0.0641. The van der Waals surface area contributed by atoms with Crippen LogP contribution in [0, 0.1) is 0 Å². The van der Waals surface area contributed by atoms with Gasteiger partial charge in [-0.3, -0.25) is 0 Å². The maximum atomic E-state index is 2.47. The van der Waals surface area contributed by atoms with Crippen molar-refractivity contribution in [3.63, 3.8) is 0 Å². The Kier molecular flexibility index (Phi) is 32.6. The highest BCUT2D eigenvalue weighted by Gasteiger charge is 1.98. The second-order valence-electron chi connectivity index (χ2n) is 17.3. The van der Waals surface area contributed by atoms with Gasteiger partial charge in [0.2, 0.25) is 0 Å². The van der Waals surface area contributed by atoms with E-state index < -0.39 is 0 Å². The normalized spacial score (nSPS) is 15.0. The first-order chi connectivity index (χ1) is 26.2. The minimum absolute atomic E-state index is 1.16. The van der Waals surface area contributed by atoms with Gasteiger partial charge in [0, 0.05) is 0 Å². The van der Waals surface area contributed by atoms with E-state index in [-0.39, 0.29) is 0 Å². The van der Waals surface area contributed by atoms with Crippen molar-refractivity contribution in [1.29, 1.82) is 0 Å². The molecule has 0 aliphatic carbocycles. The Labute approximate surface area is 345 Å². The van der Waals surface area contributed by atoms with Gasteiger partial charge in [-0.05, 0) is 218 Å². The number of hydrogen-bond acceptors (Lipinski definition) is 0. The Hall–Kier alpha value is -2.86. The smallest absolute Gasteiger partial charge is 0.0288 e. The second kappa shape index (κ2) is 34.4. The topological polar surface area (TPSA) is 0 Å². The monoisotopic (exact) mass is 751 g/mol. The molecule has 0 heteroatoms. The SMILES string of the molecule is C/C=C(/C)CC/C=C(/C)CC/C=C(/C)CC/C=C(/C)CC/C=C(/C)CC/C=C(/C)CC/C=C(/C)CC/C=C(/C)CC/C=C(\C)CC/C=C(\C)CCC=C(C)C. The zero-order valence-corrected chi connectivity index (χ0v) is 39.0. The van der Waals surface area contributed by atoms with Crippen LogP contribution >= 0.6 is 0 Å². The van der Waals surface area contributed by atoms with E-state index in [4.69, 9.17) is 0 Å². The van der Waals surface area contributed by atoms with Crippen molar-refractivity contribution in [2.75, 3.05) is 0 Å². The minimum atomic E-state index is 1.16. The highest BCUT2D eigenvalue weighted by atomic mass is 14.0. The summed E-state index contributed by atoms with van der Waals surface area (Å²) < 4.78 is 0. The van der Waals surface area contributed by atoms with E-state index in [2.05, 4.69) is 157 Å². The van der Waals surface area contributed by atoms with Crippen LogP contribution in [0.15, 0.2) is 128 Å². The zero-order chi connectivity index (χ0) is 41.3. The zero-order valence-electron chi connectivity index (χ0n) is 39.0.